The first-order valence-electron chi connectivity index (χ1n) is 15.5. The zero-order valence-corrected chi connectivity index (χ0v) is 27.5. The summed E-state index contributed by atoms with van der Waals surface area (Å²) in [4.78, 5) is 13.0. The van der Waals surface area contributed by atoms with Gasteiger partial charge in [-0.25, -0.2) is 17.9 Å². The van der Waals surface area contributed by atoms with Gasteiger partial charge in [0.15, 0.2) is 0 Å². The molecule has 1 aromatic heterocycles. The lowest BCUT2D eigenvalue weighted by Gasteiger charge is -2.20. The Hall–Kier alpha value is -4.70. The molecule has 1 aliphatic carbocycles. The number of aromatic hydroxyl groups is 1. The summed E-state index contributed by atoms with van der Waals surface area (Å²) in [5, 5.41) is 17.7. The van der Waals surface area contributed by atoms with E-state index >= 15 is 0 Å². The summed E-state index contributed by atoms with van der Waals surface area (Å²) in [5.74, 6) is 1.37. The zero-order chi connectivity index (χ0) is 32.8. The highest BCUT2D eigenvalue weighted by molar-refractivity contribution is 7.90. The molecule has 0 bridgehead atoms. The molecule has 6 rings (SSSR count). The molecule has 9 nitrogen and oxygen atoms in total. The third-order valence-corrected chi connectivity index (χ3v) is 10.3. The van der Waals surface area contributed by atoms with Gasteiger partial charge in [-0.1, -0.05) is 54.6 Å². The van der Waals surface area contributed by atoms with Crippen LogP contribution in [0.5, 0.6) is 17.4 Å². The van der Waals surface area contributed by atoms with E-state index < -0.39 is 21.6 Å². The van der Waals surface area contributed by atoms with Gasteiger partial charge in [-0.05, 0) is 82.2 Å². The van der Waals surface area contributed by atoms with E-state index in [1.54, 1.807) is 36.6 Å². The Bertz CT molecular complexity index is 2080. The van der Waals surface area contributed by atoms with Crippen molar-refractivity contribution in [1.82, 2.24) is 14.6 Å². The Labute approximate surface area is 269 Å². The number of nitrogens with zero attached hydrogens (tertiary/aromatic N) is 1. The second-order valence-electron chi connectivity index (χ2n) is 12.0. The van der Waals surface area contributed by atoms with Gasteiger partial charge in [0.25, 0.3) is 10.0 Å². The first-order valence-corrected chi connectivity index (χ1v) is 17.0. The van der Waals surface area contributed by atoms with Crippen molar-refractivity contribution in [2.45, 2.75) is 64.3 Å². The summed E-state index contributed by atoms with van der Waals surface area (Å²) >= 11 is 0. The van der Waals surface area contributed by atoms with Crippen molar-refractivity contribution in [3.63, 3.8) is 0 Å². The van der Waals surface area contributed by atoms with E-state index in [1.807, 2.05) is 69.4 Å². The van der Waals surface area contributed by atoms with Crippen LogP contribution in [0.3, 0.4) is 0 Å². The van der Waals surface area contributed by atoms with E-state index in [-0.39, 0.29) is 10.8 Å². The van der Waals surface area contributed by atoms with Crippen LogP contribution in [0.25, 0.3) is 27.2 Å². The van der Waals surface area contributed by atoms with Gasteiger partial charge in [0.2, 0.25) is 5.88 Å². The summed E-state index contributed by atoms with van der Waals surface area (Å²) < 4.78 is 42.2. The second-order valence-corrected chi connectivity index (χ2v) is 13.7. The van der Waals surface area contributed by atoms with Crippen LogP contribution in [0.2, 0.25) is 0 Å². The number of nitrogens with one attached hydrogen (secondary N) is 2. The number of amides is 2. The molecule has 10 heteroatoms. The normalized spacial score (nSPS) is 13.9. The Kier molecular flexibility index (Phi) is 8.10. The SMILES string of the molecule is CCOc1c2ccccc2c(OCC)c2c(O)n(-c3ccc(CC4(NC(=O)NS(=O)(=O)c5c(C)cccc5C)CC4)cc3C)cc12. The smallest absolute Gasteiger partial charge is 0.329 e. The molecule has 0 saturated heterocycles. The minimum Gasteiger partial charge on any atom is -0.494 e. The molecule has 1 heterocycles. The van der Waals surface area contributed by atoms with Gasteiger partial charge in [0, 0.05) is 22.5 Å². The third-order valence-electron chi connectivity index (χ3n) is 8.64. The monoisotopic (exact) mass is 641 g/mol. The third kappa shape index (κ3) is 5.62. The van der Waals surface area contributed by atoms with E-state index in [4.69, 9.17) is 9.47 Å². The molecule has 5 aromatic rings. The van der Waals surface area contributed by atoms with E-state index in [9.17, 15) is 18.3 Å². The Morgan fingerprint density at radius 1 is 0.870 bits per heavy atom. The fraction of sp³-hybridized carbons (Fsp3) is 0.306. The molecule has 46 heavy (non-hydrogen) atoms. The number of sulfonamides is 1. The summed E-state index contributed by atoms with van der Waals surface area (Å²) in [5.41, 5.74) is 3.33. The molecule has 0 atom stereocenters. The number of hydrogen-bond donors (Lipinski definition) is 3. The van der Waals surface area contributed by atoms with Gasteiger partial charge < -0.3 is 19.9 Å². The number of benzene rings is 4. The highest BCUT2D eigenvalue weighted by atomic mass is 32.2. The van der Waals surface area contributed by atoms with Crippen molar-refractivity contribution >= 4 is 37.6 Å². The summed E-state index contributed by atoms with van der Waals surface area (Å²) in [6, 6.07) is 18.3. The van der Waals surface area contributed by atoms with Crippen molar-refractivity contribution in [2.75, 3.05) is 13.2 Å². The molecule has 0 radical (unpaired) electrons. The number of ether oxygens (including phenoxy) is 2. The number of urea groups is 1. The minimum atomic E-state index is -4.03. The minimum absolute atomic E-state index is 0.0584. The lowest BCUT2D eigenvalue weighted by Crippen LogP contribution is -2.46. The number of fused-ring (bicyclic) bond motifs is 2. The number of aromatic nitrogens is 1. The van der Waals surface area contributed by atoms with Crippen molar-refractivity contribution < 1.29 is 27.8 Å². The molecule has 0 spiro atoms. The number of rotatable bonds is 10. The zero-order valence-electron chi connectivity index (χ0n) is 26.7. The molecule has 1 aliphatic rings. The summed E-state index contributed by atoms with van der Waals surface area (Å²) in [7, 11) is -4.03. The number of aryl methyl sites for hydroxylation is 3. The Morgan fingerprint density at radius 3 is 2.11 bits per heavy atom. The summed E-state index contributed by atoms with van der Waals surface area (Å²) in [6.45, 7) is 10.2. The van der Waals surface area contributed by atoms with E-state index in [0.717, 1.165) is 45.8 Å². The molecule has 2 amide bonds. The van der Waals surface area contributed by atoms with E-state index in [0.29, 0.717) is 47.6 Å². The van der Waals surface area contributed by atoms with Gasteiger partial charge in [-0.2, -0.15) is 0 Å². The van der Waals surface area contributed by atoms with Crippen LogP contribution in [0.15, 0.2) is 71.8 Å². The number of carbonyl (C=O) groups is 1. The molecule has 1 saturated carbocycles. The predicted molar refractivity (Wildman–Crippen MR) is 180 cm³/mol. The molecule has 3 N–H and O–H groups in total. The fourth-order valence-electron chi connectivity index (χ4n) is 6.48. The highest BCUT2D eigenvalue weighted by Gasteiger charge is 2.44. The van der Waals surface area contributed by atoms with Crippen LogP contribution < -0.4 is 19.5 Å². The Balaban J connectivity index is 1.28. The van der Waals surface area contributed by atoms with Gasteiger partial charge in [0.1, 0.15) is 11.5 Å². The van der Waals surface area contributed by atoms with Crippen LogP contribution >= 0.6 is 0 Å². The maximum atomic E-state index is 13.0. The van der Waals surface area contributed by atoms with Crippen molar-refractivity contribution in [2.24, 2.45) is 0 Å². The van der Waals surface area contributed by atoms with Gasteiger partial charge >= 0.3 is 6.03 Å². The molecular weight excluding hydrogens is 602 g/mol. The Morgan fingerprint density at radius 2 is 1.50 bits per heavy atom. The maximum absolute atomic E-state index is 13.0. The van der Waals surface area contributed by atoms with Gasteiger partial charge in [-0.3, -0.25) is 4.57 Å². The topological polar surface area (TPSA) is 119 Å². The van der Waals surface area contributed by atoms with E-state index in [2.05, 4.69) is 10.0 Å². The van der Waals surface area contributed by atoms with Crippen LogP contribution in [-0.2, 0) is 16.4 Å². The van der Waals surface area contributed by atoms with Crippen molar-refractivity contribution in [1.29, 1.82) is 0 Å². The molecule has 0 aliphatic heterocycles. The number of carbonyl (C=O) groups excluding carboxylic acids is 1. The fourth-order valence-corrected chi connectivity index (χ4v) is 7.86. The van der Waals surface area contributed by atoms with Crippen LogP contribution in [0.1, 0.15) is 48.9 Å². The number of hydrogen-bond acceptors (Lipinski definition) is 6. The summed E-state index contributed by atoms with van der Waals surface area (Å²) in [6.07, 6.45) is 3.90. The molecule has 1 fully saturated rings. The average Bonchev–Trinajstić information content (AvgIpc) is 3.66. The van der Waals surface area contributed by atoms with Gasteiger partial charge in [0.05, 0.1) is 34.6 Å². The first kappa shape index (κ1) is 31.3. The lowest BCUT2D eigenvalue weighted by molar-refractivity contribution is 0.240. The van der Waals surface area contributed by atoms with Crippen LogP contribution in [0.4, 0.5) is 4.79 Å². The highest BCUT2D eigenvalue weighted by Crippen LogP contribution is 2.48. The standard InChI is InChI=1S/C36H39N3O6S/c1-6-44-31-26-13-8-9-14-27(26)32(45-7-2)30-28(31)21-39(34(30)40)29-16-15-25(19-24(29)5)20-36(17-18-36)37-35(41)38-46(42,43)33-22(3)11-10-12-23(33)4/h8-16,19,21,40H,6-7,17-18,20H2,1-5H3,(H2,37,38,41). The average molecular weight is 642 g/mol. The lowest BCUT2D eigenvalue weighted by atomic mass is 10.0. The first-order chi connectivity index (χ1) is 22.0. The largest absolute Gasteiger partial charge is 0.494 e. The molecule has 240 valence electrons. The van der Waals surface area contributed by atoms with Crippen LogP contribution in [0, 0.1) is 20.8 Å². The molecule has 0 unspecified atom stereocenters. The second kappa shape index (κ2) is 11.9. The van der Waals surface area contributed by atoms with Crippen molar-refractivity contribution in [3.05, 3.63) is 89.1 Å². The van der Waals surface area contributed by atoms with E-state index in [1.165, 1.54) is 0 Å². The molecule has 4 aromatic carbocycles. The quantitative estimate of drug-likeness (QED) is 0.152. The molecular formula is C36H39N3O6S. The maximum Gasteiger partial charge on any atom is 0.329 e. The van der Waals surface area contributed by atoms with Crippen molar-refractivity contribution in [3.8, 4) is 23.1 Å². The predicted octanol–water partition coefficient (Wildman–Crippen LogP) is 6.98. The van der Waals surface area contributed by atoms with Gasteiger partial charge in [-0.15, -0.1) is 0 Å². The van der Waals surface area contributed by atoms with Crippen LogP contribution in [-0.4, -0.2) is 42.9 Å².